The number of amides is 1. The Bertz CT molecular complexity index is 1130. The highest BCUT2D eigenvalue weighted by Crippen LogP contribution is 2.32. The Balaban J connectivity index is 1.54. The van der Waals surface area contributed by atoms with Gasteiger partial charge < -0.3 is 24.4 Å². The van der Waals surface area contributed by atoms with Crippen LogP contribution in [-0.2, 0) is 9.53 Å². The molecule has 1 aliphatic rings. The molecule has 8 nitrogen and oxygen atoms in total. The molecule has 3 aromatic rings. The van der Waals surface area contributed by atoms with Gasteiger partial charge in [0, 0.05) is 19.2 Å². The fraction of sp³-hybridized carbons (Fsp3) is 0.375. The Hall–Kier alpha value is -3.04. The Labute approximate surface area is 197 Å². The summed E-state index contributed by atoms with van der Waals surface area (Å²) in [5.41, 5.74) is 2.22. The first-order chi connectivity index (χ1) is 16.0. The SMILES string of the molecule is COc1ccc(NC(=O)CSc2nc3ccccc3nc2N2C[C@H](C)O[C@@H](C)C2)c(OC)c1. The molecule has 0 spiro atoms. The molecule has 9 heteroatoms. The number of nitrogens with zero attached hydrogens (tertiary/aromatic N) is 3. The molecule has 0 saturated carbocycles. The average molecular weight is 469 g/mol. The molecule has 33 heavy (non-hydrogen) atoms. The minimum atomic E-state index is -0.159. The minimum absolute atomic E-state index is 0.0886. The van der Waals surface area contributed by atoms with Crippen molar-refractivity contribution in [2.45, 2.75) is 31.1 Å². The number of para-hydroxylation sites is 2. The summed E-state index contributed by atoms with van der Waals surface area (Å²) in [5, 5.41) is 3.64. The molecule has 0 unspecified atom stereocenters. The lowest BCUT2D eigenvalue weighted by Gasteiger charge is -2.36. The molecule has 1 aliphatic heterocycles. The Kier molecular flexibility index (Phi) is 7.20. The molecule has 0 radical (unpaired) electrons. The van der Waals surface area contributed by atoms with Gasteiger partial charge in [-0.2, -0.15) is 0 Å². The van der Waals surface area contributed by atoms with Crippen LogP contribution in [0, 0.1) is 0 Å². The number of hydrogen-bond donors (Lipinski definition) is 1. The van der Waals surface area contributed by atoms with Gasteiger partial charge in [-0.25, -0.2) is 9.97 Å². The molecule has 1 aromatic heterocycles. The van der Waals surface area contributed by atoms with Crippen LogP contribution < -0.4 is 19.7 Å². The molecule has 1 amide bonds. The van der Waals surface area contributed by atoms with Crippen LogP contribution >= 0.6 is 11.8 Å². The number of carbonyl (C=O) groups is 1. The first kappa shape index (κ1) is 23.1. The van der Waals surface area contributed by atoms with Crippen LogP contribution in [-0.4, -0.2) is 61.1 Å². The van der Waals surface area contributed by atoms with Crippen molar-refractivity contribution in [2.75, 3.05) is 43.3 Å². The summed E-state index contributed by atoms with van der Waals surface area (Å²) >= 11 is 1.37. The van der Waals surface area contributed by atoms with Crippen molar-refractivity contribution in [1.82, 2.24) is 9.97 Å². The lowest BCUT2D eigenvalue weighted by atomic mass is 10.2. The van der Waals surface area contributed by atoms with E-state index >= 15 is 0 Å². The second kappa shape index (κ2) is 10.3. The van der Waals surface area contributed by atoms with Crippen molar-refractivity contribution in [3.63, 3.8) is 0 Å². The highest BCUT2D eigenvalue weighted by Gasteiger charge is 2.26. The number of benzene rings is 2. The van der Waals surface area contributed by atoms with Gasteiger partial charge in [0.05, 0.1) is 48.9 Å². The maximum absolute atomic E-state index is 12.8. The summed E-state index contributed by atoms with van der Waals surface area (Å²) in [6.07, 6.45) is 0.177. The van der Waals surface area contributed by atoms with Crippen LogP contribution in [0.2, 0.25) is 0 Å². The van der Waals surface area contributed by atoms with Gasteiger partial charge in [-0.05, 0) is 38.1 Å². The lowest BCUT2D eigenvalue weighted by Crippen LogP contribution is -2.46. The van der Waals surface area contributed by atoms with Gasteiger partial charge in [-0.3, -0.25) is 4.79 Å². The van der Waals surface area contributed by atoms with Gasteiger partial charge in [-0.1, -0.05) is 23.9 Å². The van der Waals surface area contributed by atoms with Gasteiger partial charge in [0.15, 0.2) is 5.82 Å². The average Bonchev–Trinajstić information content (AvgIpc) is 2.81. The predicted molar refractivity (Wildman–Crippen MR) is 131 cm³/mol. The third-order valence-corrected chi connectivity index (χ3v) is 6.22. The van der Waals surface area contributed by atoms with Crippen molar-refractivity contribution in [1.29, 1.82) is 0 Å². The van der Waals surface area contributed by atoms with E-state index in [-0.39, 0.29) is 23.9 Å². The second-order valence-corrected chi connectivity index (χ2v) is 8.87. The van der Waals surface area contributed by atoms with Crippen molar-refractivity contribution in [3.05, 3.63) is 42.5 Å². The van der Waals surface area contributed by atoms with Gasteiger partial charge in [0.1, 0.15) is 16.5 Å². The van der Waals surface area contributed by atoms with E-state index in [1.807, 2.05) is 24.3 Å². The predicted octanol–water partition coefficient (Wildman–Crippen LogP) is 3.99. The molecule has 1 N–H and O–H groups in total. The fourth-order valence-corrected chi connectivity index (χ4v) is 4.66. The smallest absolute Gasteiger partial charge is 0.234 e. The zero-order valence-corrected chi connectivity index (χ0v) is 20.0. The minimum Gasteiger partial charge on any atom is -0.497 e. The van der Waals surface area contributed by atoms with Crippen molar-refractivity contribution >= 4 is 40.2 Å². The molecule has 2 atom stereocenters. The van der Waals surface area contributed by atoms with Crippen LogP contribution in [0.4, 0.5) is 11.5 Å². The fourth-order valence-electron chi connectivity index (χ4n) is 3.85. The van der Waals surface area contributed by atoms with Crippen molar-refractivity contribution in [3.8, 4) is 11.5 Å². The van der Waals surface area contributed by atoms with Crippen molar-refractivity contribution < 1.29 is 19.0 Å². The molecule has 4 rings (SSSR count). The molecule has 174 valence electrons. The Morgan fingerprint density at radius 2 is 1.79 bits per heavy atom. The summed E-state index contributed by atoms with van der Waals surface area (Å²) in [5.74, 6) is 2.01. The number of hydrogen-bond acceptors (Lipinski definition) is 8. The number of thioether (sulfide) groups is 1. The van der Waals surface area contributed by atoms with E-state index in [1.54, 1.807) is 32.4 Å². The number of ether oxygens (including phenoxy) is 3. The highest BCUT2D eigenvalue weighted by atomic mass is 32.2. The number of morpholine rings is 1. The first-order valence-corrected chi connectivity index (χ1v) is 11.8. The number of rotatable bonds is 7. The quantitative estimate of drug-likeness (QED) is 0.521. The number of nitrogens with one attached hydrogen (secondary N) is 1. The Morgan fingerprint density at radius 1 is 1.09 bits per heavy atom. The van der Waals surface area contributed by atoms with Crippen LogP contribution in [0.5, 0.6) is 11.5 Å². The van der Waals surface area contributed by atoms with Crippen LogP contribution in [0.3, 0.4) is 0 Å². The normalized spacial score (nSPS) is 18.2. The summed E-state index contributed by atoms with van der Waals surface area (Å²) in [6.45, 7) is 5.56. The van der Waals surface area contributed by atoms with Gasteiger partial charge in [0.25, 0.3) is 0 Å². The topological polar surface area (TPSA) is 85.8 Å². The van der Waals surface area contributed by atoms with E-state index in [0.717, 1.165) is 35.0 Å². The number of methoxy groups -OCH3 is 2. The van der Waals surface area contributed by atoms with Crippen LogP contribution in [0.1, 0.15) is 13.8 Å². The molecule has 2 aromatic carbocycles. The summed E-state index contributed by atoms with van der Waals surface area (Å²) in [6, 6.07) is 13.0. The van der Waals surface area contributed by atoms with Crippen LogP contribution in [0.25, 0.3) is 11.0 Å². The second-order valence-electron chi connectivity index (χ2n) is 7.91. The number of carbonyl (C=O) groups excluding carboxylic acids is 1. The largest absolute Gasteiger partial charge is 0.497 e. The van der Waals surface area contributed by atoms with E-state index in [0.29, 0.717) is 17.2 Å². The van der Waals surface area contributed by atoms with Crippen molar-refractivity contribution in [2.24, 2.45) is 0 Å². The van der Waals surface area contributed by atoms with E-state index in [2.05, 4.69) is 24.1 Å². The number of aromatic nitrogens is 2. The lowest BCUT2D eigenvalue weighted by molar-refractivity contribution is -0.113. The summed E-state index contributed by atoms with van der Waals surface area (Å²) < 4.78 is 16.5. The van der Waals surface area contributed by atoms with Gasteiger partial charge in [0.2, 0.25) is 5.91 Å². The zero-order valence-electron chi connectivity index (χ0n) is 19.2. The highest BCUT2D eigenvalue weighted by molar-refractivity contribution is 8.00. The molecular formula is C24H28N4O4S. The molecule has 1 fully saturated rings. The molecule has 0 aliphatic carbocycles. The summed E-state index contributed by atoms with van der Waals surface area (Å²) in [7, 11) is 3.14. The monoisotopic (exact) mass is 468 g/mol. The van der Waals surface area contributed by atoms with E-state index in [4.69, 9.17) is 24.2 Å². The third-order valence-electron chi connectivity index (χ3n) is 5.26. The zero-order chi connectivity index (χ0) is 23.4. The maximum Gasteiger partial charge on any atom is 0.234 e. The third kappa shape index (κ3) is 5.48. The molecule has 1 saturated heterocycles. The van der Waals surface area contributed by atoms with Crippen LogP contribution in [0.15, 0.2) is 47.5 Å². The Morgan fingerprint density at radius 3 is 2.45 bits per heavy atom. The number of anilines is 2. The van der Waals surface area contributed by atoms with E-state index in [1.165, 1.54) is 11.8 Å². The first-order valence-electron chi connectivity index (χ1n) is 10.8. The van der Waals surface area contributed by atoms with Gasteiger partial charge in [-0.15, -0.1) is 0 Å². The molecular weight excluding hydrogens is 440 g/mol. The van der Waals surface area contributed by atoms with Gasteiger partial charge >= 0.3 is 0 Å². The standard InChI is InChI=1S/C24H28N4O4S/c1-15-12-28(13-16(2)32-15)23-24(27-19-8-6-5-7-18(19)26-23)33-14-22(29)25-20-10-9-17(30-3)11-21(20)31-4/h5-11,15-16H,12-14H2,1-4H3,(H,25,29)/t15-,16-/m0/s1. The summed E-state index contributed by atoms with van der Waals surface area (Å²) in [4.78, 5) is 24.7. The molecule has 0 bridgehead atoms. The van der Waals surface area contributed by atoms with E-state index in [9.17, 15) is 4.79 Å². The van der Waals surface area contributed by atoms with E-state index < -0.39 is 0 Å². The number of fused-ring (bicyclic) bond motifs is 1. The molecule has 2 heterocycles. The maximum atomic E-state index is 12.8.